The van der Waals surface area contributed by atoms with Gasteiger partial charge in [0.05, 0.1) is 13.2 Å². The summed E-state index contributed by atoms with van der Waals surface area (Å²) in [6.07, 6.45) is 1.15. The van der Waals surface area contributed by atoms with Gasteiger partial charge < -0.3 is 19.9 Å². The van der Waals surface area contributed by atoms with Gasteiger partial charge in [0.2, 0.25) is 0 Å². The average Bonchev–Trinajstić information content (AvgIpc) is 3.05. The highest BCUT2D eigenvalue weighted by Gasteiger charge is 2.19. The Kier molecular flexibility index (Phi) is 10.4. The van der Waals surface area contributed by atoms with Crippen molar-refractivity contribution in [3.8, 4) is 0 Å². The molecule has 1 aliphatic heterocycles. The molecule has 142 valence electrons. The van der Waals surface area contributed by atoms with Crippen LogP contribution < -0.4 is 5.32 Å². The van der Waals surface area contributed by atoms with Crippen molar-refractivity contribution in [2.75, 3.05) is 47.4 Å². The lowest BCUT2D eigenvalue weighted by molar-refractivity contribution is 0.181. The molecule has 0 radical (unpaired) electrons. The summed E-state index contributed by atoms with van der Waals surface area (Å²) in [4.78, 5) is 9.29. The molecule has 5 nitrogen and oxygen atoms in total. The van der Waals surface area contributed by atoms with Gasteiger partial charge in [-0.25, -0.2) is 4.99 Å². The van der Waals surface area contributed by atoms with E-state index in [1.165, 1.54) is 11.1 Å². The molecule has 0 amide bonds. The van der Waals surface area contributed by atoms with Gasteiger partial charge in [-0.05, 0) is 38.6 Å². The van der Waals surface area contributed by atoms with Crippen LogP contribution in [0.15, 0.2) is 29.3 Å². The summed E-state index contributed by atoms with van der Waals surface area (Å²) in [6, 6.07) is 8.56. The minimum Gasteiger partial charge on any atom is -0.381 e. The van der Waals surface area contributed by atoms with Crippen LogP contribution in [0.1, 0.15) is 24.5 Å². The molecule has 2 rings (SSSR count). The Labute approximate surface area is 169 Å². The number of guanidine groups is 1. The van der Waals surface area contributed by atoms with Crippen LogP contribution in [0.3, 0.4) is 0 Å². The van der Waals surface area contributed by atoms with Crippen LogP contribution in [0.2, 0.25) is 0 Å². The van der Waals surface area contributed by atoms with Gasteiger partial charge in [-0.15, -0.1) is 24.0 Å². The molecule has 1 heterocycles. The molecular weight excluding hydrogens is 427 g/mol. The fraction of sp³-hybridized carbons (Fsp3) is 0.632. The van der Waals surface area contributed by atoms with Crippen molar-refractivity contribution in [2.24, 2.45) is 10.9 Å². The maximum atomic E-state index is 5.49. The molecular formula is C19H33IN4O. The molecule has 25 heavy (non-hydrogen) atoms. The number of benzene rings is 1. The summed E-state index contributed by atoms with van der Waals surface area (Å²) in [6.45, 7) is 7.39. The lowest BCUT2D eigenvalue weighted by atomic mass is 10.1. The van der Waals surface area contributed by atoms with E-state index in [2.05, 4.69) is 67.4 Å². The number of halogens is 1. The molecule has 1 saturated heterocycles. The van der Waals surface area contributed by atoms with Crippen LogP contribution in [0.25, 0.3) is 0 Å². The maximum absolute atomic E-state index is 5.49. The SMILES string of the molecule is CCNC(=NCc1ccccc1CN(C)C)N(C)CC1CCOC1.I. The zero-order valence-corrected chi connectivity index (χ0v) is 18.3. The highest BCUT2D eigenvalue weighted by Crippen LogP contribution is 2.14. The molecule has 0 aliphatic carbocycles. The van der Waals surface area contributed by atoms with E-state index in [1.54, 1.807) is 0 Å². The number of rotatable bonds is 7. The number of nitrogens with zero attached hydrogens (tertiary/aromatic N) is 3. The predicted molar refractivity (Wildman–Crippen MR) is 116 cm³/mol. The first-order valence-corrected chi connectivity index (χ1v) is 8.88. The fourth-order valence-corrected chi connectivity index (χ4v) is 3.04. The molecule has 1 aromatic rings. The molecule has 1 aliphatic rings. The molecule has 1 fully saturated rings. The first-order valence-electron chi connectivity index (χ1n) is 8.88. The number of aliphatic imine (C=N–C) groups is 1. The van der Waals surface area contributed by atoms with Crippen LogP contribution in [0.4, 0.5) is 0 Å². The van der Waals surface area contributed by atoms with Crippen molar-refractivity contribution >= 4 is 29.9 Å². The summed E-state index contributed by atoms with van der Waals surface area (Å²) < 4.78 is 5.49. The molecule has 0 spiro atoms. The second-order valence-corrected chi connectivity index (χ2v) is 6.79. The average molecular weight is 460 g/mol. The van der Waals surface area contributed by atoms with Gasteiger partial charge in [0.1, 0.15) is 0 Å². The minimum absolute atomic E-state index is 0. The normalized spacial score (nSPS) is 17.5. The predicted octanol–water partition coefficient (Wildman–Crippen LogP) is 2.80. The zero-order chi connectivity index (χ0) is 17.4. The third-order valence-electron chi connectivity index (χ3n) is 4.26. The van der Waals surface area contributed by atoms with Crippen molar-refractivity contribution in [2.45, 2.75) is 26.4 Å². The van der Waals surface area contributed by atoms with Crippen molar-refractivity contribution in [3.05, 3.63) is 35.4 Å². The number of hydrogen-bond donors (Lipinski definition) is 1. The van der Waals surface area contributed by atoms with Gasteiger partial charge in [0, 0.05) is 39.2 Å². The van der Waals surface area contributed by atoms with E-state index < -0.39 is 0 Å². The molecule has 1 aromatic carbocycles. The van der Waals surface area contributed by atoms with E-state index >= 15 is 0 Å². The number of nitrogens with one attached hydrogen (secondary N) is 1. The summed E-state index contributed by atoms with van der Waals surface area (Å²) in [5.74, 6) is 1.59. The third kappa shape index (κ3) is 7.50. The molecule has 0 aromatic heterocycles. The molecule has 1 N–H and O–H groups in total. The lowest BCUT2D eigenvalue weighted by Crippen LogP contribution is -2.41. The highest BCUT2D eigenvalue weighted by atomic mass is 127. The Morgan fingerprint density at radius 1 is 1.24 bits per heavy atom. The number of ether oxygens (including phenoxy) is 1. The van der Waals surface area contributed by atoms with Gasteiger partial charge >= 0.3 is 0 Å². The first kappa shape index (κ1) is 22.2. The Balaban J connectivity index is 0.00000312. The second-order valence-electron chi connectivity index (χ2n) is 6.79. The van der Waals surface area contributed by atoms with Crippen LogP contribution in [-0.2, 0) is 17.8 Å². The highest BCUT2D eigenvalue weighted by molar-refractivity contribution is 14.0. The molecule has 6 heteroatoms. The summed E-state index contributed by atoms with van der Waals surface area (Å²) in [7, 11) is 6.31. The van der Waals surface area contributed by atoms with E-state index in [0.717, 1.165) is 45.2 Å². The van der Waals surface area contributed by atoms with Crippen LogP contribution >= 0.6 is 24.0 Å². The van der Waals surface area contributed by atoms with Gasteiger partial charge in [0.15, 0.2) is 5.96 Å². The van der Waals surface area contributed by atoms with E-state index in [4.69, 9.17) is 9.73 Å². The van der Waals surface area contributed by atoms with Gasteiger partial charge in [-0.3, -0.25) is 0 Å². The summed E-state index contributed by atoms with van der Waals surface area (Å²) in [5, 5.41) is 3.41. The first-order chi connectivity index (χ1) is 11.6. The topological polar surface area (TPSA) is 40.1 Å². The van der Waals surface area contributed by atoms with E-state index in [1.807, 2.05) is 0 Å². The van der Waals surface area contributed by atoms with E-state index in [-0.39, 0.29) is 24.0 Å². The van der Waals surface area contributed by atoms with Crippen LogP contribution in [-0.4, -0.2) is 63.2 Å². The molecule has 0 saturated carbocycles. The van der Waals surface area contributed by atoms with Crippen LogP contribution in [0.5, 0.6) is 0 Å². The largest absolute Gasteiger partial charge is 0.381 e. The Morgan fingerprint density at radius 3 is 2.56 bits per heavy atom. The standard InChI is InChI=1S/C19H32N4O.HI/c1-5-20-19(23(4)13-16-10-11-24-15-16)21-12-17-8-6-7-9-18(17)14-22(2)3;/h6-9,16H,5,10-15H2,1-4H3,(H,20,21);1H. The maximum Gasteiger partial charge on any atom is 0.193 e. The molecule has 1 atom stereocenters. The minimum atomic E-state index is 0. The Morgan fingerprint density at radius 2 is 1.96 bits per heavy atom. The van der Waals surface area contributed by atoms with Crippen molar-refractivity contribution < 1.29 is 4.74 Å². The van der Waals surface area contributed by atoms with Crippen LogP contribution in [0, 0.1) is 5.92 Å². The van der Waals surface area contributed by atoms with E-state index in [9.17, 15) is 0 Å². The van der Waals surface area contributed by atoms with Crippen molar-refractivity contribution in [1.29, 1.82) is 0 Å². The Bertz CT molecular complexity index is 530. The number of hydrogen-bond acceptors (Lipinski definition) is 3. The lowest BCUT2D eigenvalue weighted by Gasteiger charge is -2.24. The second kappa shape index (κ2) is 11.7. The monoisotopic (exact) mass is 460 g/mol. The van der Waals surface area contributed by atoms with Gasteiger partial charge in [-0.2, -0.15) is 0 Å². The fourth-order valence-electron chi connectivity index (χ4n) is 3.04. The smallest absolute Gasteiger partial charge is 0.193 e. The van der Waals surface area contributed by atoms with Gasteiger partial charge in [-0.1, -0.05) is 24.3 Å². The van der Waals surface area contributed by atoms with Crippen molar-refractivity contribution in [3.63, 3.8) is 0 Å². The Hall–Kier alpha value is -0.860. The van der Waals surface area contributed by atoms with Gasteiger partial charge in [0.25, 0.3) is 0 Å². The molecule has 1 unspecified atom stereocenters. The molecule has 0 bridgehead atoms. The summed E-state index contributed by atoms with van der Waals surface area (Å²) >= 11 is 0. The summed E-state index contributed by atoms with van der Waals surface area (Å²) in [5.41, 5.74) is 2.63. The van der Waals surface area contributed by atoms with E-state index in [0.29, 0.717) is 12.5 Å². The quantitative estimate of drug-likeness (QED) is 0.386. The van der Waals surface area contributed by atoms with Crippen molar-refractivity contribution in [1.82, 2.24) is 15.1 Å². The third-order valence-corrected chi connectivity index (χ3v) is 4.26. The zero-order valence-electron chi connectivity index (χ0n) is 16.0.